The molecule has 2 aromatic rings. The van der Waals surface area contributed by atoms with Gasteiger partial charge in [-0.15, -0.1) is 0 Å². The highest BCUT2D eigenvalue weighted by Crippen LogP contribution is 2.34. The Morgan fingerprint density at radius 3 is 2.64 bits per heavy atom. The zero-order valence-electron chi connectivity index (χ0n) is 13.0. The SMILES string of the molecule is C[C@]1(c2ccccc2)CCC(=O)N(CCc2ccccn2)C1. The number of amides is 1. The van der Waals surface area contributed by atoms with Crippen molar-refractivity contribution in [2.75, 3.05) is 13.1 Å². The first-order valence-corrected chi connectivity index (χ1v) is 7.91. The summed E-state index contributed by atoms with van der Waals surface area (Å²) in [5.74, 6) is 0.268. The first-order chi connectivity index (χ1) is 10.7. The molecule has 3 nitrogen and oxygen atoms in total. The molecule has 0 N–H and O–H groups in total. The van der Waals surface area contributed by atoms with Gasteiger partial charge >= 0.3 is 0 Å². The van der Waals surface area contributed by atoms with Crippen LogP contribution in [-0.4, -0.2) is 28.9 Å². The van der Waals surface area contributed by atoms with Gasteiger partial charge in [-0.1, -0.05) is 43.3 Å². The Balaban J connectivity index is 1.70. The zero-order valence-corrected chi connectivity index (χ0v) is 13.0. The van der Waals surface area contributed by atoms with Crippen LogP contribution in [0.4, 0.5) is 0 Å². The van der Waals surface area contributed by atoms with Crippen LogP contribution in [0.1, 0.15) is 31.0 Å². The predicted molar refractivity (Wildman–Crippen MR) is 87.5 cm³/mol. The molecule has 1 fully saturated rings. The van der Waals surface area contributed by atoms with Crippen molar-refractivity contribution < 1.29 is 4.79 Å². The Morgan fingerprint density at radius 1 is 1.14 bits per heavy atom. The van der Waals surface area contributed by atoms with Gasteiger partial charge in [0, 0.05) is 43.2 Å². The van der Waals surface area contributed by atoms with Gasteiger partial charge in [-0.2, -0.15) is 0 Å². The minimum Gasteiger partial charge on any atom is -0.341 e. The van der Waals surface area contributed by atoms with Gasteiger partial charge in [0.2, 0.25) is 5.91 Å². The Kier molecular flexibility index (Phi) is 4.23. The fraction of sp³-hybridized carbons (Fsp3) is 0.368. The van der Waals surface area contributed by atoms with Crippen LogP contribution in [0.2, 0.25) is 0 Å². The molecule has 0 aliphatic carbocycles. The molecule has 1 aromatic heterocycles. The van der Waals surface area contributed by atoms with Gasteiger partial charge < -0.3 is 4.90 Å². The Bertz CT molecular complexity index is 626. The molecule has 3 heteroatoms. The maximum atomic E-state index is 12.2. The summed E-state index contributed by atoms with van der Waals surface area (Å²) in [6.45, 7) is 3.81. The lowest BCUT2D eigenvalue weighted by Gasteiger charge is -2.40. The average Bonchev–Trinajstić information content (AvgIpc) is 2.58. The van der Waals surface area contributed by atoms with E-state index in [1.54, 1.807) is 6.20 Å². The molecule has 1 amide bonds. The van der Waals surface area contributed by atoms with Crippen molar-refractivity contribution in [2.45, 2.75) is 31.6 Å². The summed E-state index contributed by atoms with van der Waals surface area (Å²) in [6, 6.07) is 16.5. The molecule has 2 heterocycles. The third kappa shape index (κ3) is 3.19. The highest BCUT2D eigenvalue weighted by atomic mass is 16.2. The molecular formula is C19H22N2O. The molecule has 1 aliphatic rings. The first-order valence-electron chi connectivity index (χ1n) is 7.91. The Labute approximate surface area is 132 Å². The summed E-state index contributed by atoms with van der Waals surface area (Å²) < 4.78 is 0. The van der Waals surface area contributed by atoms with Gasteiger partial charge in [-0.25, -0.2) is 0 Å². The van der Waals surface area contributed by atoms with Gasteiger partial charge in [0.15, 0.2) is 0 Å². The van der Waals surface area contributed by atoms with E-state index < -0.39 is 0 Å². The number of nitrogens with zero attached hydrogens (tertiary/aromatic N) is 2. The van der Waals surface area contributed by atoms with Gasteiger partial charge in [-0.3, -0.25) is 9.78 Å². The van der Waals surface area contributed by atoms with E-state index in [0.717, 1.165) is 31.6 Å². The Morgan fingerprint density at radius 2 is 1.91 bits per heavy atom. The second-order valence-corrected chi connectivity index (χ2v) is 6.31. The van der Waals surface area contributed by atoms with Crippen molar-refractivity contribution in [2.24, 2.45) is 0 Å². The van der Waals surface area contributed by atoms with E-state index in [9.17, 15) is 4.79 Å². The quantitative estimate of drug-likeness (QED) is 0.867. The molecule has 1 aliphatic heterocycles. The molecule has 1 saturated heterocycles. The number of likely N-dealkylation sites (tertiary alicyclic amines) is 1. The van der Waals surface area contributed by atoms with Crippen LogP contribution in [0.15, 0.2) is 54.7 Å². The van der Waals surface area contributed by atoms with Crippen molar-refractivity contribution in [1.29, 1.82) is 0 Å². The van der Waals surface area contributed by atoms with Gasteiger partial charge in [-0.05, 0) is 24.1 Å². The molecule has 0 spiro atoms. The zero-order chi connectivity index (χ0) is 15.4. The van der Waals surface area contributed by atoms with Crippen LogP contribution in [0.25, 0.3) is 0 Å². The van der Waals surface area contributed by atoms with E-state index in [2.05, 4.69) is 36.2 Å². The molecule has 0 radical (unpaired) electrons. The lowest BCUT2D eigenvalue weighted by atomic mass is 9.75. The number of benzene rings is 1. The smallest absolute Gasteiger partial charge is 0.222 e. The van der Waals surface area contributed by atoms with Crippen LogP contribution >= 0.6 is 0 Å². The molecule has 0 saturated carbocycles. The van der Waals surface area contributed by atoms with Crippen LogP contribution in [0.5, 0.6) is 0 Å². The fourth-order valence-corrected chi connectivity index (χ4v) is 3.20. The standard InChI is InChI=1S/C19H22N2O/c1-19(16-7-3-2-4-8-16)12-10-18(22)21(15-19)14-11-17-9-5-6-13-20-17/h2-9,13H,10-12,14-15H2,1H3/t19-/m0/s1. The number of rotatable bonds is 4. The van der Waals surface area contributed by atoms with Crippen molar-refractivity contribution in [3.8, 4) is 0 Å². The van der Waals surface area contributed by atoms with E-state index in [0.29, 0.717) is 6.42 Å². The maximum Gasteiger partial charge on any atom is 0.222 e. The summed E-state index contributed by atoms with van der Waals surface area (Å²) in [6.07, 6.45) is 4.18. The first kappa shape index (κ1) is 14.8. The van der Waals surface area contributed by atoms with Crippen molar-refractivity contribution in [3.63, 3.8) is 0 Å². The summed E-state index contributed by atoms with van der Waals surface area (Å²) in [5.41, 5.74) is 2.42. The highest BCUT2D eigenvalue weighted by Gasteiger charge is 2.35. The lowest BCUT2D eigenvalue weighted by Crippen LogP contribution is -2.48. The minimum absolute atomic E-state index is 0.0548. The number of pyridine rings is 1. The van der Waals surface area contributed by atoms with Crippen molar-refractivity contribution in [1.82, 2.24) is 9.88 Å². The molecular weight excluding hydrogens is 272 g/mol. The number of carbonyl (C=O) groups excluding carboxylic acids is 1. The number of hydrogen-bond donors (Lipinski definition) is 0. The highest BCUT2D eigenvalue weighted by molar-refractivity contribution is 5.77. The Hall–Kier alpha value is -2.16. The van der Waals surface area contributed by atoms with E-state index >= 15 is 0 Å². The number of aromatic nitrogens is 1. The maximum absolute atomic E-state index is 12.2. The van der Waals surface area contributed by atoms with E-state index in [-0.39, 0.29) is 11.3 Å². The van der Waals surface area contributed by atoms with Crippen molar-refractivity contribution >= 4 is 5.91 Å². The second kappa shape index (κ2) is 6.30. The largest absolute Gasteiger partial charge is 0.341 e. The van der Waals surface area contributed by atoms with Gasteiger partial charge in [0.1, 0.15) is 0 Å². The van der Waals surface area contributed by atoms with E-state index in [1.165, 1.54) is 5.56 Å². The van der Waals surface area contributed by atoms with E-state index in [1.807, 2.05) is 29.2 Å². The molecule has 114 valence electrons. The minimum atomic E-state index is 0.0548. The lowest BCUT2D eigenvalue weighted by molar-refractivity contribution is -0.135. The number of piperidine rings is 1. The van der Waals surface area contributed by atoms with Crippen LogP contribution in [0.3, 0.4) is 0 Å². The van der Waals surface area contributed by atoms with Crippen LogP contribution < -0.4 is 0 Å². The van der Waals surface area contributed by atoms with Crippen LogP contribution in [-0.2, 0) is 16.6 Å². The normalized spacial score (nSPS) is 21.9. The van der Waals surface area contributed by atoms with Gasteiger partial charge in [0.05, 0.1) is 0 Å². The molecule has 0 unspecified atom stereocenters. The molecule has 22 heavy (non-hydrogen) atoms. The molecule has 1 atom stereocenters. The monoisotopic (exact) mass is 294 g/mol. The third-order valence-electron chi connectivity index (χ3n) is 4.62. The number of hydrogen-bond acceptors (Lipinski definition) is 2. The predicted octanol–water partition coefficient (Wildman–Crippen LogP) is 3.20. The fourth-order valence-electron chi connectivity index (χ4n) is 3.20. The second-order valence-electron chi connectivity index (χ2n) is 6.31. The van der Waals surface area contributed by atoms with Gasteiger partial charge in [0.25, 0.3) is 0 Å². The van der Waals surface area contributed by atoms with Crippen LogP contribution in [0, 0.1) is 0 Å². The third-order valence-corrected chi connectivity index (χ3v) is 4.62. The topological polar surface area (TPSA) is 33.2 Å². The summed E-state index contributed by atoms with van der Waals surface area (Å²) in [5, 5.41) is 0. The number of carbonyl (C=O) groups is 1. The summed E-state index contributed by atoms with van der Waals surface area (Å²) in [7, 11) is 0. The summed E-state index contributed by atoms with van der Waals surface area (Å²) in [4.78, 5) is 18.6. The molecule has 0 bridgehead atoms. The van der Waals surface area contributed by atoms with Crippen molar-refractivity contribution in [3.05, 3.63) is 66.0 Å². The molecule has 3 rings (SSSR count). The summed E-state index contributed by atoms with van der Waals surface area (Å²) >= 11 is 0. The molecule has 1 aromatic carbocycles. The average molecular weight is 294 g/mol. The van der Waals surface area contributed by atoms with E-state index in [4.69, 9.17) is 0 Å².